The number of halogens is 1. The summed E-state index contributed by atoms with van der Waals surface area (Å²) in [6.07, 6.45) is 0. The number of anilines is 1. The Hall–Kier alpha value is -2.08. The molecule has 146 valence electrons. The van der Waals surface area contributed by atoms with E-state index >= 15 is 0 Å². The predicted molar refractivity (Wildman–Crippen MR) is 97.9 cm³/mol. The van der Waals surface area contributed by atoms with Gasteiger partial charge in [-0.2, -0.15) is 4.31 Å². The number of morpholine rings is 1. The van der Waals surface area contributed by atoms with Gasteiger partial charge in [0.25, 0.3) is 0 Å². The number of sulfonamides is 1. The summed E-state index contributed by atoms with van der Waals surface area (Å²) < 4.78 is 47.1. The zero-order valence-electron chi connectivity index (χ0n) is 14.5. The van der Waals surface area contributed by atoms with Gasteiger partial charge in [0.15, 0.2) is 0 Å². The topological polar surface area (TPSA) is 97.7 Å². The lowest BCUT2D eigenvalue weighted by Gasteiger charge is -2.26. The molecule has 1 aliphatic rings. The summed E-state index contributed by atoms with van der Waals surface area (Å²) in [6.45, 7) is 2.25. The van der Waals surface area contributed by atoms with Crippen LogP contribution in [0.2, 0.25) is 0 Å². The van der Waals surface area contributed by atoms with E-state index in [1.54, 1.807) is 12.3 Å². The van der Waals surface area contributed by atoms with Crippen LogP contribution >= 0.6 is 11.3 Å². The molecule has 1 fully saturated rings. The number of benzene rings is 1. The minimum Gasteiger partial charge on any atom is -0.379 e. The van der Waals surface area contributed by atoms with Crippen LogP contribution in [0.4, 0.5) is 10.1 Å². The fourth-order valence-corrected chi connectivity index (χ4v) is 4.88. The average Bonchev–Trinajstić information content (AvgIpc) is 2.96. The fraction of sp³-hybridized carbons (Fsp3) is 0.375. The molecule has 3 rings (SSSR count). The lowest BCUT2D eigenvalue weighted by atomic mass is 10.3. The predicted octanol–water partition coefficient (Wildman–Crippen LogP) is 1.02. The van der Waals surface area contributed by atoms with Crippen LogP contribution in [0.15, 0.2) is 33.3 Å². The number of nitrogens with zero attached hydrogens (tertiary/aromatic N) is 2. The highest BCUT2D eigenvalue weighted by molar-refractivity contribution is 7.89. The van der Waals surface area contributed by atoms with Gasteiger partial charge in [0.1, 0.15) is 17.3 Å². The molecule has 0 saturated carbocycles. The molecule has 0 unspecified atom stereocenters. The van der Waals surface area contributed by atoms with Gasteiger partial charge in [-0.3, -0.25) is 14.2 Å². The molecule has 1 saturated heterocycles. The summed E-state index contributed by atoms with van der Waals surface area (Å²) in [5, 5.41) is 4.15. The Morgan fingerprint density at radius 1 is 1.33 bits per heavy atom. The summed E-state index contributed by atoms with van der Waals surface area (Å²) in [4.78, 5) is 23.1. The van der Waals surface area contributed by atoms with Gasteiger partial charge in [-0.15, -0.1) is 0 Å². The molecule has 8 nitrogen and oxygen atoms in total. The van der Waals surface area contributed by atoms with Crippen molar-refractivity contribution in [3.05, 3.63) is 44.8 Å². The van der Waals surface area contributed by atoms with Crippen LogP contribution in [0.3, 0.4) is 0 Å². The first-order chi connectivity index (χ1) is 12.8. The number of hydrogen-bond donors (Lipinski definition) is 1. The Labute approximate surface area is 159 Å². The highest BCUT2D eigenvalue weighted by Crippen LogP contribution is 2.24. The average molecular weight is 415 g/mol. The number of thiazole rings is 1. The lowest BCUT2D eigenvalue weighted by Crippen LogP contribution is -2.40. The third kappa shape index (κ3) is 4.26. The summed E-state index contributed by atoms with van der Waals surface area (Å²) in [5.41, 5.74) is 0.781. The van der Waals surface area contributed by atoms with Crippen molar-refractivity contribution in [2.24, 2.45) is 0 Å². The molecule has 11 heteroatoms. The minimum absolute atomic E-state index is 0.133. The highest BCUT2D eigenvalue weighted by atomic mass is 32.2. The molecule has 2 heterocycles. The number of aryl methyl sites for hydroxylation is 1. The molecule has 0 radical (unpaired) electrons. The molecule has 27 heavy (non-hydrogen) atoms. The van der Waals surface area contributed by atoms with E-state index in [0.717, 1.165) is 27.8 Å². The van der Waals surface area contributed by atoms with Crippen molar-refractivity contribution >= 4 is 33.0 Å². The maximum absolute atomic E-state index is 14.2. The SMILES string of the molecule is Cc1csc(=O)n1CC(=O)Nc1ccc(F)c(S(=O)(=O)N2CCOCC2)c1. The Morgan fingerprint density at radius 3 is 2.67 bits per heavy atom. The Balaban J connectivity index is 1.81. The first-order valence-corrected chi connectivity index (χ1v) is 10.4. The second kappa shape index (κ2) is 7.89. The highest BCUT2D eigenvalue weighted by Gasteiger charge is 2.29. The first-order valence-electron chi connectivity index (χ1n) is 8.11. The van der Waals surface area contributed by atoms with E-state index in [-0.39, 0.29) is 43.4 Å². The number of rotatable bonds is 5. The van der Waals surface area contributed by atoms with E-state index in [9.17, 15) is 22.4 Å². The van der Waals surface area contributed by atoms with Crippen LogP contribution in [0.1, 0.15) is 5.69 Å². The molecule has 1 N–H and O–H groups in total. The first kappa shape index (κ1) is 19.7. The molecule has 0 spiro atoms. The standard InChI is InChI=1S/C16H18FN3O5S2/c1-11-10-26-16(22)20(11)9-15(21)18-12-2-3-13(17)14(8-12)27(23,24)19-4-6-25-7-5-19/h2-3,8,10H,4-7,9H2,1H3,(H,18,21). The molecular formula is C16H18FN3O5S2. The van der Waals surface area contributed by atoms with Gasteiger partial charge < -0.3 is 10.1 Å². The summed E-state index contributed by atoms with van der Waals surface area (Å²) in [7, 11) is -4.04. The quantitative estimate of drug-likeness (QED) is 0.786. The second-order valence-electron chi connectivity index (χ2n) is 5.94. The number of carbonyl (C=O) groups excluding carboxylic acids is 1. The van der Waals surface area contributed by atoms with E-state index in [1.807, 2.05) is 0 Å². The van der Waals surface area contributed by atoms with Crippen molar-refractivity contribution in [3.63, 3.8) is 0 Å². The van der Waals surface area contributed by atoms with Gasteiger partial charge >= 0.3 is 4.87 Å². The summed E-state index contributed by atoms with van der Waals surface area (Å²) in [6, 6.07) is 3.35. The maximum atomic E-state index is 14.2. The van der Waals surface area contributed by atoms with E-state index in [0.29, 0.717) is 5.69 Å². The van der Waals surface area contributed by atoms with Crippen LogP contribution in [0.25, 0.3) is 0 Å². The van der Waals surface area contributed by atoms with Crippen molar-refractivity contribution in [1.82, 2.24) is 8.87 Å². The van der Waals surface area contributed by atoms with E-state index in [1.165, 1.54) is 10.6 Å². The van der Waals surface area contributed by atoms with E-state index in [4.69, 9.17) is 4.74 Å². The number of amides is 1. The van der Waals surface area contributed by atoms with E-state index in [2.05, 4.69) is 5.32 Å². The molecule has 1 aromatic heterocycles. The van der Waals surface area contributed by atoms with Gasteiger partial charge in [0, 0.05) is 29.9 Å². The Morgan fingerprint density at radius 2 is 2.04 bits per heavy atom. The van der Waals surface area contributed by atoms with Gasteiger partial charge in [0.2, 0.25) is 15.9 Å². The number of nitrogens with one attached hydrogen (secondary N) is 1. The third-order valence-electron chi connectivity index (χ3n) is 4.08. The zero-order valence-corrected chi connectivity index (χ0v) is 16.1. The monoisotopic (exact) mass is 415 g/mol. The van der Waals surface area contributed by atoms with E-state index < -0.39 is 26.6 Å². The summed E-state index contributed by atoms with van der Waals surface area (Å²) in [5.74, 6) is -1.41. The van der Waals surface area contributed by atoms with Crippen LogP contribution in [-0.4, -0.2) is 49.5 Å². The zero-order chi connectivity index (χ0) is 19.6. The molecule has 1 amide bonds. The van der Waals surface area contributed by atoms with Crippen molar-refractivity contribution in [3.8, 4) is 0 Å². The minimum atomic E-state index is -4.04. The van der Waals surface area contributed by atoms with Crippen LogP contribution < -0.4 is 10.2 Å². The van der Waals surface area contributed by atoms with Crippen LogP contribution in [-0.2, 0) is 26.1 Å². The normalized spacial score (nSPS) is 15.6. The van der Waals surface area contributed by atoms with Gasteiger partial charge in [-0.25, -0.2) is 12.8 Å². The van der Waals surface area contributed by atoms with Crippen molar-refractivity contribution in [2.75, 3.05) is 31.6 Å². The molecule has 1 aliphatic heterocycles. The largest absolute Gasteiger partial charge is 0.379 e. The van der Waals surface area contributed by atoms with Crippen molar-refractivity contribution < 1.29 is 22.3 Å². The van der Waals surface area contributed by atoms with Gasteiger partial charge in [-0.05, 0) is 25.1 Å². The maximum Gasteiger partial charge on any atom is 0.307 e. The molecule has 0 aliphatic carbocycles. The number of hydrogen-bond acceptors (Lipinski definition) is 6. The smallest absolute Gasteiger partial charge is 0.307 e. The van der Waals surface area contributed by atoms with Crippen LogP contribution in [0, 0.1) is 12.7 Å². The fourth-order valence-electron chi connectivity index (χ4n) is 2.65. The molecular weight excluding hydrogens is 397 g/mol. The second-order valence-corrected chi connectivity index (χ2v) is 8.67. The molecule has 0 bridgehead atoms. The Kier molecular flexibility index (Phi) is 5.75. The molecule has 2 aromatic rings. The van der Waals surface area contributed by atoms with Crippen LogP contribution in [0.5, 0.6) is 0 Å². The Bertz CT molecular complexity index is 1010. The number of carbonyl (C=O) groups is 1. The van der Waals surface area contributed by atoms with Crippen molar-refractivity contribution in [2.45, 2.75) is 18.4 Å². The summed E-state index contributed by atoms with van der Waals surface area (Å²) >= 11 is 0.986. The molecule has 0 atom stereocenters. The third-order valence-corrected chi connectivity index (χ3v) is 6.88. The lowest BCUT2D eigenvalue weighted by molar-refractivity contribution is -0.116. The number of ether oxygens (including phenoxy) is 1. The molecule has 1 aromatic carbocycles. The van der Waals surface area contributed by atoms with Crippen molar-refractivity contribution in [1.29, 1.82) is 0 Å². The van der Waals surface area contributed by atoms with Gasteiger partial charge in [-0.1, -0.05) is 11.3 Å². The number of aromatic nitrogens is 1. The van der Waals surface area contributed by atoms with Gasteiger partial charge in [0.05, 0.1) is 13.2 Å².